The molecule has 0 saturated carbocycles. The van der Waals surface area contributed by atoms with Crippen LogP contribution in [-0.2, 0) is 6.42 Å². The van der Waals surface area contributed by atoms with Gasteiger partial charge in [-0.05, 0) is 20.5 Å². The monoisotopic (exact) mass is 252 g/mol. The zero-order valence-electron chi connectivity index (χ0n) is 11.8. The summed E-state index contributed by atoms with van der Waals surface area (Å²) in [6, 6.07) is 0. The molecule has 0 bridgehead atoms. The number of nitrogens with two attached hydrogens (primary N) is 1. The van der Waals surface area contributed by atoms with Crippen molar-refractivity contribution in [2.75, 3.05) is 44.6 Å². The summed E-state index contributed by atoms with van der Waals surface area (Å²) in [6.07, 6.45) is 3.51. The van der Waals surface area contributed by atoms with Gasteiger partial charge in [-0.3, -0.25) is 0 Å². The fraction of sp³-hybridized carbons (Fsp3) is 0.667. The molecule has 1 aromatic heterocycles. The summed E-state index contributed by atoms with van der Waals surface area (Å²) in [5, 5.41) is 0. The Bertz CT molecular complexity index is 366. The number of aromatic nitrogens is 2. The van der Waals surface area contributed by atoms with Gasteiger partial charge in [-0.15, -0.1) is 0 Å². The molecule has 1 rings (SSSR count). The van der Waals surface area contributed by atoms with E-state index in [1.54, 1.807) is 6.33 Å². The predicted octanol–water partition coefficient (Wildman–Crippen LogP) is 0.713. The molecule has 0 saturated heterocycles. The molecule has 1 heterocycles. The second kappa shape index (κ2) is 7.13. The lowest BCUT2D eigenvalue weighted by Crippen LogP contribution is -2.30. The van der Waals surface area contributed by atoms with Crippen LogP contribution in [-0.4, -0.2) is 49.1 Å². The highest BCUT2D eigenvalue weighted by atomic mass is 15.3. The molecule has 0 spiro atoms. The van der Waals surface area contributed by atoms with Gasteiger partial charge < -0.3 is 15.2 Å². The lowest BCUT2D eigenvalue weighted by molar-refractivity contribution is 0.416. The van der Waals surface area contributed by atoms with Crippen LogP contribution >= 0.6 is 0 Å². The zero-order chi connectivity index (χ0) is 13.5. The number of hydrazine groups is 1. The lowest BCUT2D eigenvalue weighted by Gasteiger charge is -2.23. The average molecular weight is 252 g/mol. The minimum Gasteiger partial charge on any atom is -0.358 e. The van der Waals surface area contributed by atoms with Gasteiger partial charge in [0.05, 0.1) is 0 Å². The quantitative estimate of drug-likeness (QED) is 0.550. The largest absolute Gasteiger partial charge is 0.358 e. The van der Waals surface area contributed by atoms with Crippen molar-refractivity contribution in [3.8, 4) is 0 Å². The molecule has 3 N–H and O–H groups in total. The van der Waals surface area contributed by atoms with E-state index < -0.39 is 0 Å². The molecule has 0 aliphatic rings. The molecule has 0 atom stereocenters. The third kappa shape index (κ3) is 3.82. The Morgan fingerprint density at radius 2 is 1.94 bits per heavy atom. The van der Waals surface area contributed by atoms with Crippen LogP contribution in [0.1, 0.15) is 18.9 Å². The number of likely N-dealkylation sites (N-methyl/N-ethyl adjacent to an activating group) is 2. The Morgan fingerprint density at radius 1 is 1.22 bits per heavy atom. The number of hydrogen-bond donors (Lipinski definition) is 2. The minimum absolute atomic E-state index is 0.721. The number of anilines is 2. The molecular weight excluding hydrogens is 228 g/mol. The van der Waals surface area contributed by atoms with Crippen LogP contribution in [0.4, 0.5) is 11.6 Å². The minimum atomic E-state index is 0.721. The van der Waals surface area contributed by atoms with Crippen LogP contribution in [0, 0.1) is 0 Å². The van der Waals surface area contributed by atoms with Crippen LogP contribution in [0.25, 0.3) is 0 Å². The van der Waals surface area contributed by atoms with Crippen molar-refractivity contribution >= 4 is 11.6 Å². The van der Waals surface area contributed by atoms with Crippen LogP contribution in [0.15, 0.2) is 6.33 Å². The first-order valence-corrected chi connectivity index (χ1v) is 6.26. The van der Waals surface area contributed by atoms with E-state index in [-0.39, 0.29) is 0 Å². The Hall–Kier alpha value is -1.40. The van der Waals surface area contributed by atoms with Gasteiger partial charge in [-0.1, -0.05) is 13.3 Å². The first-order chi connectivity index (χ1) is 8.60. The van der Waals surface area contributed by atoms with E-state index >= 15 is 0 Å². The fourth-order valence-electron chi connectivity index (χ4n) is 1.79. The average Bonchev–Trinajstić information content (AvgIpc) is 2.36. The molecule has 0 aliphatic carbocycles. The lowest BCUT2D eigenvalue weighted by atomic mass is 10.1. The highest BCUT2D eigenvalue weighted by Crippen LogP contribution is 2.23. The summed E-state index contributed by atoms with van der Waals surface area (Å²) < 4.78 is 0. The van der Waals surface area contributed by atoms with E-state index in [1.165, 1.54) is 0 Å². The van der Waals surface area contributed by atoms with Gasteiger partial charge in [0.1, 0.15) is 18.0 Å². The first kappa shape index (κ1) is 14.7. The second-order valence-electron chi connectivity index (χ2n) is 4.64. The molecule has 0 aliphatic heterocycles. The van der Waals surface area contributed by atoms with Crippen LogP contribution < -0.4 is 16.2 Å². The third-order valence-electron chi connectivity index (χ3n) is 2.80. The Labute approximate surface area is 109 Å². The van der Waals surface area contributed by atoms with Gasteiger partial charge in [0, 0.05) is 25.7 Å². The van der Waals surface area contributed by atoms with E-state index in [9.17, 15) is 0 Å². The fourth-order valence-corrected chi connectivity index (χ4v) is 1.79. The predicted molar refractivity (Wildman–Crippen MR) is 75.7 cm³/mol. The topological polar surface area (TPSA) is 70.3 Å². The van der Waals surface area contributed by atoms with Crippen molar-refractivity contribution < 1.29 is 0 Å². The molecule has 0 amide bonds. The first-order valence-electron chi connectivity index (χ1n) is 6.26. The van der Waals surface area contributed by atoms with Crippen LogP contribution in [0.3, 0.4) is 0 Å². The Morgan fingerprint density at radius 3 is 2.50 bits per heavy atom. The van der Waals surface area contributed by atoms with Gasteiger partial charge >= 0.3 is 0 Å². The molecule has 0 aromatic carbocycles. The summed E-state index contributed by atoms with van der Waals surface area (Å²) in [7, 11) is 6.17. The van der Waals surface area contributed by atoms with E-state index in [0.717, 1.165) is 43.1 Å². The van der Waals surface area contributed by atoms with Crippen molar-refractivity contribution in [1.82, 2.24) is 14.9 Å². The maximum absolute atomic E-state index is 5.51. The number of nitrogen functional groups attached to an aromatic ring is 1. The molecule has 102 valence electrons. The summed E-state index contributed by atoms with van der Waals surface area (Å²) in [5.74, 6) is 7.19. The van der Waals surface area contributed by atoms with Crippen LogP contribution in [0.5, 0.6) is 0 Å². The van der Waals surface area contributed by atoms with Gasteiger partial charge in [0.2, 0.25) is 0 Å². The van der Waals surface area contributed by atoms with Crippen LogP contribution in [0.2, 0.25) is 0 Å². The zero-order valence-corrected chi connectivity index (χ0v) is 11.8. The van der Waals surface area contributed by atoms with Gasteiger partial charge in [-0.25, -0.2) is 15.8 Å². The van der Waals surface area contributed by atoms with Crippen molar-refractivity contribution in [3.05, 3.63) is 11.9 Å². The van der Waals surface area contributed by atoms with Crippen molar-refractivity contribution in [3.63, 3.8) is 0 Å². The second-order valence-corrected chi connectivity index (χ2v) is 4.64. The molecule has 6 heteroatoms. The maximum atomic E-state index is 5.51. The van der Waals surface area contributed by atoms with E-state index in [2.05, 4.69) is 46.2 Å². The smallest absolute Gasteiger partial charge is 0.148 e. The number of nitrogens with one attached hydrogen (secondary N) is 1. The highest BCUT2D eigenvalue weighted by molar-refractivity contribution is 5.58. The highest BCUT2D eigenvalue weighted by Gasteiger charge is 2.13. The summed E-state index contributed by atoms with van der Waals surface area (Å²) in [4.78, 5) is 12.9. The molecular formula is C12H24N6. The normalized spacial score (nSPS) is 10.8. The van der Waals surface area contributed by atoms with Gasteiger partial charge in [0.15, 0.2) is 0 Å². The van der Waals surface area contributed by atoms with E-state index in [4.69, 9.17) is 5.84 Å². The standard InChI is InChI=1S/C12H24N6/c1-5-6-10-11(16-13)14-9-15-12(10)18(4)8-7-17(2)3/h9H,5-8,13H2,1-4H3,(H,14,15,16). The van der Waals surface area contributed by atoms with Crippen molar-refractivity contribution in [2.45, 2.75) is 19.8 Å². The van der Waals surface area contributed by atoms with E-state index in [0.29, 0.717) is 0 Å². The molecule has 6 nitrogen and oxygen atoms in total. The summed E-state index contributed by atoms with van der Waals surface area (Å²) >= 11 is 0. The number of nitrogens with zero attached hydrogens (tertiary/aromatic N) is 4. The summed E-state index contributed by atoms with van der Waals surface area (Å²) in [5.41, 5.74) is 3.74. The molecule has 0 radical (unpaired) electrons. The van der Waals surface area contributed by atoms with Gasteiger partial charge in [-0.2, -0.15) is 0 Å². The van der Waals surface area contributed by atoms with Crippen molar-refractivity contribution in [1.29, 1.82) is 0 Å². The molecule has 1 aromatic rings. The third-order valence-corrected chi connectivity index (χ3v) is 2.80. The molecule has 0 fully saturated rings. The Kier molecular flexibility index (Phi) is 5.80. The van der Waals surface area contributed by atoms with Gasteiger partial charge in [0.25, 0.3) is 0 Å². The summed E-state index contributed by atoms with van der Waals surface area (Å²) in [6.45, 7) is 4.04. The number of hydrogen-bond acceptors (Lipinski definition) is 6. The molecule has 18 heavy (non-hydrogen) atoms. The SMILES string of the molecule is CCCc1c(NN)ncnc1N(C)CCN(C)C. The van der Waals surface area contributed by atoms with Crippen molar-refractivity contribution in [2.24, 2.45) is 5.84 Å². The number of rotatable bonds is 7. The molecule has 0 unspecified atom stereocenters. The maximum Gasteiger partial charge on any atom is 0.148 e. The Balaban J connectivity index is 2.91. The van der Waals surface area contributed by atoms with E-state index in [1.807, 2.05) is 7.05 Å².